The number of rotatable bonds is 2. The minimum Gasteiger partial charge on any atom is -0.322 e. The molecule has 0 amide bonds. The van der Waals surface area contributed by atoms with Crippen molar-refractivity contribution in [1.82, 2.24) is 15.0 Å². The van der Waals surface area contributed by atoms with Gasteiger partial charge in [0, 0.05) is 13.0 Å². The molecule has 2 N–H and O–H groups in total. The van der Waals surface area contributed by atoms with E-state index in [1.807, 2.05) is 7.05 Å². The molecule has 2 atom stereocenters. The maximum Gasteiger partial charge on any atom is 0.0757 e. The van der Waals surface area contributed by atoms with Gasteiger partial charge in [-0.15, -0.1) is 5.10 Å². The number of nitrogens with two attached hydrogens (primary N) is 1. The molecular weight excluding hydrogens is 212 g/mol. The highest BCUT2D eigenvalue weighted by atomic mass is 15.4. The van der Waals surface area contributed by atoms with Crippen LogP contribution in [0.2, 0.25) is 0 Å². The van der Waals surface area contributed by atoms with Crippen LogP contribution in [0.25, 0.3) is 0 Å². The second-order valence-corrected chi connectivity index (χ2v) is 4.65. The highest BCUT2D eigenvalue weighted by Crippen LogP contribution is 2.39. The number of nitrogens with zero attached hydrogens (tertiary/aromatic N) is 3. The lowest BCUT2D eigenvalue weighted by atomic mass is 9.92. The van der Waals surface area contributed by atoms with Crippen LogP contribution in [-0.4, -0.2) is 15.0 Å². The predicted octanol–water partition coefficient (Wildman–Crippen LogP) is 1.54. The number of fused-ring (bicyclic) bond motifs is 1. The second-order valence-electron chi connectivity index (χ2n) is 4.65. The smallest absolute Gasteiger partial charge is 0.0757 e. The van der Waals surface area contributed by atoms with Crippen LogP contribution in [0.1, 0.15) is 35.2 Å². The van der Waals surface area contributed by atoms with E-state index in [0.29, 0.717) is 5.92 Å². The van der Waals surface area contributed by atoms with E-state index in [4.69, 9.17) is 5.73 Å². The Bertz CT molecular complexity index is 532. The first kappa shape index (κ1) is 10.5. The summed E-state index contributed by atoms with van der Waals surface area (Å²) in [4.78, 5) is 0. The monoisotopic (exact) mass is 228 g/mol. The van der Waals surface area contributed by atoms with Gasteiger partial charge in [0.05, 0.1) is 17.9 Å². The summed E-state index contributed by atoms with van der Waals surface area (Å²) in [6.07, 6.45) is 4.01. The van der Waals surface area contributed by atoms with Gasteiger partial charge in [-0.05, 0) is 24.0 Å². The second kappa shape index (κ2) is 3.96. The molecule has 2 unspecified atom stereocenters. The number of hydrogen-bond acceptors (Lipinski definition) is 3. The predicted molar refractivity (Wildman–Crippen MR) is 65.4 cm³/mol. The molecular formula is C13H16N4. The maximum absolute atomic E-state index is 6.36. The highest BCUT2D eigenvalue weighted by Gasteiger charge is 2.29. The molecule has 1 aromatic heterocycles. The molecule has 4 heteroatoms. The number of aromatic nitrogens is 3. The van der Waals surface area contributed by atoms with Crippen molar-refractivity contribution < 1.29 is 0 Å². The average Bonchev–Trinajstić information content (AvgIpc) is 2.94. The van der Waals surface area contributed by atoms with Crippen LogP contribution in [-0.2, 0) is 13.5 Å². The summed E-state index contributed by atoms with van der Waals surface area (Å²) in [6, 6.07) is 8.56. The van der Waals surface area contributed by atoms with Gasteiger partial charge in [-0.25, -0.2) is 0 Å². The molecule has 4 nitrogen and oxygen atoms in total. The van der Waals surface area contributed by atoms with Gasteiger partial charge >= 0.3 is 0 Å². The summed E-state index contributed by atoms with van der Waals surface area (Å²) in [5.41, 5.74) is 10.2. The Balaban J connectivity index is 1.95. The Labute approximate surface area is 100 Å². The van der Waals surface area contributed by atoms with E-state index >= 15 is 0 Å². The van der Waals surface area contributed by atoms with Crippen LogP contribution >= 0.6 is 0 Å². The van der Waals surface area contributed by atoms with Gasteiger partial charge in [0.1, 0.15) is 0 Å². The van der Waals surface area contributed by atoms with E-state index in [1.54, 1.807) is 10.9 Å². The van der Waals surface area contributed by atoms with Crippen LogP contribution in [0.15, 0.2) is 30.5 Å². The normalized spacial score (nSPS) is 20.2. The summed E-state index contributed by atoms with van der Waals surface area (Å²) in [5, 5.41) is 7.85. The Morgan fingerprint density at radius 2 is 2.24 bits per heavy atom. The highest BCUT2D eigenvalue weighted by molar-refractivity contribution is 5.36. The standard InChI is InChI=1S/C13H16N4/c1-17-12(8-15-16-17)13(14)11-7-6-9-4-2-3-5-10(9)11/h2-5,8,11,13H,6-7,14H2,1H3. The fraction of sp³-hybridized carbons (Fsp3) is 0.385. The molecule has 2 aromatic rings. The topological polar surface area (TPSA) is 56.7 Å². The van der Waals surface area contributed by atoms with Crippen LogP contribution in [0.3, 0.4) is 0 Å². The van der Waals surface area contributed by atoms with E-state index in [0.717, 1.165) is 18.5 Å². The zero-order valence-electron chi connectivity index (χ0n) is 9.87. The van der Waals surface area contributed by atoms with Crippen molar-refractivity contribution in [3.05, 3.63) is 47.3 Å². The molecule has 1 heterocycles. The lowest BCUT2D eigenvalue weighted by Crippen LogP contribution is -2.21. The summed E-state index contributed by atoms with van der Waals surface area (Å²) < 4.78 is 1.77. The lowest BCUT2D eigenvalue weighted by molar-refractivity contribution is 0.510. The summed E-state index contributed by atoms with van der Waals surface area (Å²) in [7, 11) is 1.89. The van der Waals surface area contributed by atoms with Crippen molar-refractivity contribution in [2.24, 2.45) is 12.8 Å². The van der Waals surface area contributed by atoms with Crippen molar-refractivity contribution in [2.75, 3.05) is 0 Å². The minimum absolute atomic E-state index is 0.0151. The molecule has 0 fully saturated rings. The molecule has 3 rings (SSSR count). The molecule has 0 spiro atoms. The van der Waals surface area contributed by atoms with Gasteiger partial charge in [-0.2, -0.15) is 0 Å². The SMILES string of the molecule is Cn1nncc1C(N)C1CCc2ccccc21. The van der Waals surface area contributed by atoms with E-state index in [9.17, 15) is 0 Å². The molecule has 0 bridgehead atoms. The Morgan fingerprint density at radius 3 is 3.00 bits per heavy atom. The average molecular weight is 228 g/mol. The van der Waals surface area contributed by atoms with Gasteiger partial charge in [0.2, 0.25) is 0 Å². The van der Waals surface area contributed by atoms with Crippen LogP contribution in [0.5, 0.6) is 0 Å². The van der Waals surface area contributed by atoms with Gasteiger partial charge < -0.3 is 5.73 Å². The number of hydrogen-bond donors (Lipinski definition) is 1. The summed E-state index contributed by atoms with van der Waals surface area (Å²) in [6.45, 7) is 0. The maximum atomic E-state index is 6.36. The third-order valence-electron chi connectivity index (χ3n) is 3.70. The van der Waals surface area contributed by atoms with Gasteiger partial charge in [-0.1, -0.05) is 29.5 Å². The van der Waals surface area contributed by atoms with E-state index in [-0.39, 0.29) is 6.04 Å². The molecule has 0 saturated carbocycles. The molecule has 1 aliphatic carbocycles. The molecule has 0 radical (unpaired) electrons. The van der Waals surface area contributed by atoms with Crippen molar-refractivity contribution >= 4 is 0 Å². The summed E-state index contributed by atoms with van der Waals surface area (Å²) in [5.74, 6) is 0.392. The Hall–Kier alpha value is -1.68. The minimum atomic E-state index is -0.0151. The van der Waals surface area contributed by atoms with Crippen molar-refractivity contribution in [2.45, 2.75) is 24.8 Å². The van der Waals surface area contributed by atoms with Crippen LogP contribution < -0.4 is 5.73 Å². The van der Waals surface area contributed by atoms with Crippen molar-refractivity contribution in [3.8, 4) is 0 Å². The van der Waals surface area contributed by atoms with Crippen molar-refractivity contribution in [1.29, 1.82) is 0 Å². The molecule has 17 heavy (non-hydrogen) atoms. The lowest BCUT2D eigenvalue weighted by Gasteiger charge is -2.19. The van der Waals surface area contributed by atoms with Gasteiger partial charge in [0.15, 0.2) is 0 Å². The third kappa shape index (κ3) is 1.65. The van der Waals surface area contributed by atoms with Gasteiger partial charge in [-0.3, -0.25) is 4.68 Å². The van der Waals surface area contributed by atoms with E-state index < -0.39 is 0 Å². The quantitative estimate of drug-likeness (QED) is 0.848. The zero-order valence-corrected chi connectivity index (χ0v) is 9.87. The first-order chi connectivity index (χ1) is 8.27. The fourth-order valence-electron chi connectivity index (χ4n) is 2.77. The largest absolute Gasteiger partial charge is 0.322 e. The molecule has 88 valence electrons. The third-order valence-corrected chi connectivity index (χ3v) is 3.70. The number of aryl methyl sites for hydroxylation is 2. The first-order valence-corrected chi connectivity index (χ1v) is 5.95. The molecule has 1 aromatic carbocycles. The van der Waals surface area contributed by atoms with Crippen LogP contribution in [0.4, 0.5) is 0 Å². The number of benzene rings is 1. The fourth-order valence-corrected chi connectivity index (χ4v) is 2.77. The van der Waals surface area contributed by atoms with Gasteiger partial charge in [0.25, 0.3) is 0 Å². The Morgan fingerprint density at radius 1 is 1.41 bits per heavy atom. The molecule has 0 aliphatic heterocycles. The van der Waals surface area contributed by atoms with Crippen LogP contribution in [0, 0.1) is 0 Å². The molecule has 0 saturated heterocycles. The Kier molecular flexibility index (Phi) is 2.44. The first-order valence-electron chi connectivity index (χ1n) is 5.95. The van der Waals surface area contributed by atoms with E-state index in [1.165, 1.54) is 11.1 Å². The van der Waals surface area contributed by atoms with E-state index in [2.05, 4.69) is 34.6 Å². The summed E-state index contributed by atoms with van der Waals surface area (Å²) >= 11 is 0. The van der Waals surface area contributed by atoms with Crippen molar-refractivity contribution in [3.63, 3.8) is 0 Å². The zero-order chi connectivity index (χ0) is 11.8. The molecule has 1 aliphatic rings.